The van der Waals surface area contributed by atoms with Crippen LogP contribution in [-0.2, 0) is 6.18 Å². The van der Waals surface area contributed by atoms with Crippen LogP contribution in [0.2, 0.25) is 0 Å². The molecule has 2 atom stereocenters. The molecular formula is C15H22F3N5S. The largest absolute Gasteiger partial charge is 0.433 e. The third-order valence-electron chi connectivity index (χ3n) is 3.76. The Labute approximate surface area is 145 Å². The van der Waals surface area contributed by atoms with Gasteiger partial charge >= 0.3 is 6.18 Å². The predicted molar refractivity (Wildman–Crippen MR) is 92.1 cm³/mol. The molecule has 0 saturated carbocycles. The molecule has 5 nitrogen and oxygen atoms in total. The van der Waals surface area contributed by atoms with Crippen molar-refractivity contribution in [1.29, 1.82) is 0 Å². The number of nitrogens with one attached hydrogen (secondary N) is 2. The van der Waals surface area contributed by atoms with E-state index in [0.29, 0.717) is 31.5 Å². The van der Waals surface area contributed by atoms with Crippen LogP contribution < -0.4 is 15.5 Å². The van der Waals surface area contributed by atoms with Gasteiger partial charge in [-0.25, -0.2) is 4.98 Å². The van der Waals surface area contributed by atoms with Crippen molar-refractivity contribution in [3.05, 3.63) is 11.8 Å². The molecule has 0 radical (unpaired) electrons. The molecule has 0 amide bonds. The summed E-state index contributed by atoms with van der Waals surface area (Å²) in [5.41, 5.74) is -0.972. The Hall–Kier alpha value is -1.64. The molecule has 0 spiro atoms. The van der Waals surface area contributed by atoms with E-state index in [4.69, 9.17) is 12.2 Å². The molecule has 1 fully saturated rings. The van der Waals surface area contributed by atoms with Crippen LogP contribution in [0, 0.1) is 11.8 Å². The van der Waals surface area contributed by atoms with Gasteiger partial charge in [-0.2, -0.15) is 18.2 Å². The molecule has 0 aliphatic carbocycles. The van der Waals surface area contributed by atoms with Crippen LogP contribution in [0.15, 0.2) is 6.07 Å². The first kappa shape index (κ1) is 18.7. The highest BCUT2D eigenvalue weighted by Crippen LogP contribution is 2.32. The number of halogens is 3. The highest BCUT2D eigenvalue weighted by molar-refractivity contribution is 7.80. The first-order valence-corrected chi connectivity index (χ1v) is 8.36. The van der Waals surface area contributed by atoms with E-state index in [-0.39, 0.29) is 16.9 Å². The van der Waals surface area contributed by atoms with E-state index < -0.39 is 11.9 Å². The van der Waals surface area contributed by atoms with Crippen LogP contribution in [0.4, 0.5) is 24.9 Å². The molecule has 1 aliphatic rings. The smallest absolute Gasteiger partial charge is 0.363 e. The fourth-order valence-corrected chi connectivity index (χ4v) is 3.19. The Morgan fingerprint density at radius 1 is 1.29 bits per heavy atom. The van der Waals surface area contributed by atoms with Gasteiger partial charge < -0.3 is 15.5 Å². The Kier molecular flexibility index (Phi) is 5.84. The normalized spacial score (nSPS) is 21.5. The molecule has 1 aliphatic heterocycles. The van der Waals surface area contributed by atoms with E-state index in [1.165, 1.54) is 0 Å². The summed E-state index contributed by atoms with van der Waals surface area (Å²) in [7, 11) is 0. The molecule has 24 heavy (non-hydrogen) atoms. The number of thiocarbonyl (C=S) groups is 1. The maximum absolute atomic E-state index is 13.2. The van der Waals surface area contributed by atoms with Crippen molar-refractivity contribution in [1.82, 2.24) is 15.3 Å². The van der Waals surface area contributed by atoms with Gasteiger partial charge in [0.25, 0.3) is 0 Å². The quantitative estimate of drug-likeness (QED) is 0.806. The van der Waals surface area contributed by atoms with Crippen LogP contribution in [0.3, 0.4) is 0 Å². The number of rotatable bonds is 3. The Balaban J connectivity index is 2.34. The Bertz CT molecular complexity index is 583. The summed E-state index contributed by atoms with van der Waals surface area (Å²) < 4.78 is 39.5. The van der Waals surface area contributed by atoms with E-state index in [2.05, 4.69) is 34.4 Å². The number of hydrogen-bond acceptors (Lipinski definition) is 4. The minimum atomic E-state index is -4.54. The van der Waals surface area contributed by atoms with E-state index in [9.17, 15) is 13.2 Å². The van der Waals surface area contributed by atoms with E-state index in [0.717, 1.165) is 12.5 Å². The zero-order valence-corrected chi connectivity index (χ0v) is 14.8. The zero-order chi connectivity index (χ0) is 17.9. The molecule has 2 heterocycles. The highest BCUT2D eigenvalue weighted by atomic mass is 32.1. The molecule has 9 heteroatoms. The second kappa shape index (κ2) is 7.50. The number of nitrogens with zero attached hydrogens (tertiary/aromatic N) is 3. The SMILES string of the molecule is CCNC(=S)Nc1nc(N2C[C@@H](C)C[C@H](C)C2)cc(C(F)(F)F)n1. The van der Waals surface area contributed by atoms with Crippen molar-refractivity contribution in [3.8, 4) is 0 Å². The topological polar surface area (TPSA) is 53.1 Å². The van der Waals surface area contributed by atoms with Gasteiger partial charge in [-0.05, 0) is 37.4 Å². The summed E-state index contributed by atoms with van der Waals surface area (Å²) in [4.78, 5) is 9.68. The minimum absolute atomic E-state index is 0.142. The van der Waals surface area contributed by atoms with Gasteiger partial charge in [0.1, 0.15) is 5.82 Å². The van der Waals surface area contributed by atoms with Crippen LogP contribution in [0.1, 0.15) is 32.9 Å². The third kappa shape index (κ3) is 4.93. The molecule has 1 saturated heterocycles. The number of piperidine rings is 1. The first-order valence-electron chi connectivity index (χ1n) is 7.95. The summed E-state index contributed by atoms with van der Waals surface area (Å²) in [6.45, 7) is 7.93. The second-order valence-electron chi connectivity index (χ2n) is 6.27. The van der Waals surface area contributed by atoms with E-state index in [1.54, 1.807) is 0 Å². The molecule has 0 unspecified atom stereocenters. The lowest BCUT2D eigenvalue weighted by Crippen LogP contribution is -2.39. The maximum atomic E-state index is 13.2. The van der Waals surface area contributed by atoms with E-state index in [1.807, 2.05) is 11.8 Å². The van der Waals surface area contributed by atoms with Crippen molar-refractivity contribution in [2.45, 2.75) is 33.4 Å². The molecule has 2 N–H and O–H groups in total. The average Bonchev–Trinajstić information content (AvgIpc) is 2.45. The molecule has 0 aromatic carbocycles. The van der Waals surface area contributed by atoms with E-state index >= 15 is 0 Å². The van der Waals surface area contributed by atoms with Gasteiger partial charge in [0.2, 0.25) is 5.95 Å². The van der Waals surface area contributed by atoms with Gasteiger partial charge in [-0.1, -0.05) is 13.8 Å². The second-order valence-corrected chi connectivity index (χ2v) is 6.68. The summed E-state index contributed by atoms with van der Waals surface area (Å²) in [5.74, 6) is 0.934. The van der Waals surface area contributed by atoms with Crippen LogP contribution in [-0.4, -0.2) is 34.7 Å². The van der Waals surface area contributed by atoms with Crippen LogP contribution in [0.5, 0.6) is 0 Å². The summed E-state index contributed by atoms with van der Waals surface area (Å²) in [5, 5.41) is 5.64. The highest BCUT2D eigenvalue weighted by Gasteiger charge is 2.35. The van der Waals surface area contributed by atoms with Crippen LogP contribution >= 0.6 is 12.2 Å². The number of anilines is 2. The van der Waals surface area contributed by atoms with Gasteiger partial charge in [0.15, 0.2) is 10.8 Å². The predicted octanol–water partition coefficient (Wildman–Crippen LogP) is 3.28. The first-order chi connectivity index (χ1) is 11.2. The molecule has 2 rings (SSSR count). The van der Waals surface area contributed by atoms with Gasteiger partial charge in [0, 0.05) is 25.7 Å². The summed E-state index contributed by atoms with van der Waals surface area (Å²) in [6, 6.07) is 1.01. The Morgan fingerprint density at radius 3 is 2.46 bits per heavy atom. The fourth-order valence-electron chi connectivity index (χ4n) is 2.95. The monoisotopic (exact) mass is 361 g/mol. The van der Waals surface area contributed by atoms with Crippen molar-refractivity contribution >= 4 is 29.1 Å². The zero-order valence-electron chi connectivity index (χ0n) is 13.9. The summed E-state index contributed by atoms with van der Waals surface area (Å²) >= 11 is 5.01. The van der Waals surface area contributed by atoms with Crippen LogP contribution in [0.25, 0.3) is 0 Å². The average molecular weight is 361 g/mol. The lowest BCUT2D eigenvalue weighted by Gasteiger charge is -2.36. The summed E-state index contributed by atoms with van der Waals surface area (Å²) in [6.07, 6.45) is -3.48. The maximum Gasteiger partial charge on any atom is 0.433 e. The molecule has 1 aromatic heterocycles. The van der Waals surface area contributed by atoms with Crippen molar-refractivity contribution in [3.63, 3.8) is 0 Å². The van der Waals surface area contributed by atoms with Crippen molar-refractivity contribution < 1.29 is 13.2 Å². The molecule has 1 aromatic rings. The number of hydrogen-bond donors (Lipinski definition) is 2. The minimum Gasteiger partial charge on any atom is -0.363 e. The van der Waals surface area contributed by atoms with Gasteiger partial charge in [-0.15, -0.1) is 0 Å². The lowest BCUT2D eigenvalue weighted by atomic mass is 9.92. The number of alkyl halides is 3. The Morgan fingerprint density at radius 2 is 1.92 bits per heavy atom. The standard InChI is InChI=1S/C15H22F3N5S/c1-4-19-14(24)22-13-20-11(15(16,17)18)6-12(21-13)23-7-9(2)5-10(3)8-23/h6,9-10H,4-5,7-8H2,1-3H3,(H2,19,20,21,22,24)/t9-,10-/m0/s1. The number of aromatic nitrogens is 2. The van der Waals surface area contributed by atoms with Gasteiger partial charge in [0.05, 0.1) is 0 Å². The fraction of sp³-hybridized carbons (Fsp3) is 0.667. The van der Waals surface area contributed by atoms with Gasteiger partial charge in [-0.3, -0.25) is 0 Å². The van der Waals surface area contributed by atoms with Crippen molar-refractivity contribution in [2.24, 2.45) is 11.8 Å². The molecule has 0 bridgehead atoms. The third-order valence-corrected chi connectivity index (χ3v) is 4.00. The van der Waals surface area contributed by atoms with Crippen molar-refractivity contribution in [2.75, 3.05) is 29.9 Å². The lowest BCUT2D eigenvalue weighted by molar-refractivity contribution is -0.141. The molecule has 134 valence electrons. The molecular weight excluding hydrogens is 339 g/mol.